The smallest absolute Gasteiger partial charge is 0.246 e. The van der Waals surface area contributed by atoms with Crippen molar-refractivity contribution in [1.29, 1.82) is 0 Å². The second kappa shape index (κ2) is 8.10. The van der Waals surface area contributed by atoms with E-state index in [9.17, 15) is 14.3 Å². The molecule has 0 spiro atoms. The molecule has 5 heteroatoms. The summed E-state index contributed by atoms with van der Waals surface area (Å²) in [5.41, 5.74) is 0.574. The van der Waals surface area contributed by atoms with Gasteiger partial charge in [-0.2, -0.15) is 0 Å². The summed E-state index contributed by atoms with van der Waals surface area (Å²) >= 11 is 0. The standard InChI is InChI=1S/C16H22FNO3/c17-13-8-6-12(7-9-13)15(19)10-18-16(20)11-21-14-4-2-1-3-5-14/h6-9,14-15,19H,1-5,10-11H2,(H,18,20). The molecule has 0 aliphatic heterocycles. The lowest BCUT2D eigenvalue weighted by atomic mass is 9.98. The van der Waals surface area contributed by atoms with Crippen LogP contribution in [0.4, 0.5) is 4.39 Å². The third kappa shape index (κ3) is 5.44. The number of carbonyl (C=O) groups excluding carboxylic acids is 1. The van der Waals surface area contributed by atoms with Crippen molar-refractivity contribution in [2.45, 2.75) is 44.3 Å². The number of amides is 1. The minimum atomic E-state index is -0.843. The maximum atomic E-state index is 12.8. The fourth-order valence-electron chi connectivity index (χ4n) is 2.49. The van der Waals surface area contributed by atoms with Gasteiger partial charge in [0.2, 0.25) is 5.91 Å². The van der Waals surface area contributed by atoms with Gasteiger partial charge in [-0.3, -0.25) is 4.79 Å². The van der Waals surface area contributed by atoms with Gasteiger partial charge in [0.1, 0.15) is 12.4 Å². The Hall–Kier alpha value is -1.46. The Morgan fingerprint density at radius 2 is 1.95 bits per heavy atom. The van der Waals surface area contributed by atoms with Gasteiger partial charge in [0.25, 0.3) is 0 Å². The van der Waals surface area contributed by atoms with E-state index >= 15 is 0 Å². The molecule has 0 heterocycles. The first kappa shape index (κ1) is 15.9. The average Bonchev–Trinajstić information content (AvgIpc) is 2.52. The third-order valence-corrected chi connectivity index (χ3v) is 3.75. The highest BCUT2D eigenvalue weighted by molar-refractivity contribution is 5.77. The lowest BCUT2D eigenvalue weighted by molar-refractivity contribution is -0.128. The van der Waals surface area contributed by atoms with E-state index in [1.807, 2.05) is 0 Å². The highest BCUT2D eigenvalue weighted by atomic mass is 19.1. The normalized spacial score (nSPS) is 17.4. The van der Waals surface area contributed by atoms with Gasteiger partial charge in [0, 0.05) is 6.54 Å². The monoisotopic (exact) mass is 295 g/mol. The molecule has 1 fully saturated rings. The Labute approximate surface area is 124 Å². The molecular weight excluding hydrogens is 273 g/mol. The van der Waals surface area contributed by atoms with Gasteiger partial charge < -0.3 is 15.2 Å². The summed E-state index contributed by atoms with van der Waals surface area (Å²) in [6.45, 7) is 0.124. The molecule has 1 saturated carbocycles. The number of hydrogen-bond acceptors (Lipinski definition) is 3. The molecule has 21 heavy (non-hydrogen) atoms. The van der Waals surface area contributed by atoms with Crippen molar-refractivity contribution in [2.75, 3.05) is 13.2 Å². The molecule has 1 aromatic rings. The molecule has 0 bridgehead atoms. The quantitative estimate of drug-likeness (QED) is 0.847. The summed E-state index contributed by atoms with van der Waals surface area (Å²) < 4.78 is 18.3. The van der Waals surface area contributed by atoms with Gasteiger partial charge in [-0.1, -0.05) is 31.4 Å². The number of nitrogens with one attached hydrogen (secondary N) is 1. The summed E-state index contributed by atoms with van der Waals surface area (Å²) in [7, 11) is 0. The minimum absolute atomic E-state index is 0.0286. The maximum Gasteiger partial charge on any atom is 0.246 e. The third-order valence-electron chi connectivity index (χ3n) is 3.75. The first-order valence-electron chi connectivity index (χ1n) is 7.47. The average molecular weight is 295 g/mol. The molecule has 2 rings (SSSR count). The Bertz CT molecular complexity index is 443. The van der Waals surface area contributed by atoms with Crippen molar-refractivity contribution in [3.05, 3.63) is 35.6 Å². The Morgan fingerprint density at radius 1 is 1.29 bits per heavy atom. The lowest BCUT2D eigenvalue weighted by Crippen LogP contribution is -2.33. The molecule has 0 saturated heterocycles. The topological polar surface area (TPSA) is 58.6 Å². The van der Waals surface area contributed by atoms with Gasteiger partial charge >= 0.3 is 0 Å². The Morgan fingerprint density at radius 3 is 2.62 bits per heavy atom. The number of hydrogen-bond donors (Lipinski definition) is 2. The van der Waals surface area contributed by atoms with E-state index in [0.717, 1.165) is 25.7 Å². The van der Waals surface area contributed by atoms with Crippen LogP contribution >= 0.6 is 0 Å². The number of ether oxygens (including phenoxy) is 1. The Kier molecular flexibility index (Phi) is 6.14. The van der Waals surface area contributed by atoms with Gasteiger partial charge in [0.15, 0.2) is 0 Å². The minimum Gasteiger partial charge on any atom is -0.387 e. The van der Waals surface area contributed by atoms with Crippen LogP contribution in [0.1, 0.15) is 43.8 Å². The summed E-state index contributed by atoms with van der Waals surface area (Å²) in [6, 6.07) is 5.58. The first-order valence-corrected chi connectivity index (χ1v) is 7.47. The van der Waals surface area contributed by atoms with Crippen LogP contribution in [0.3, 0.4) is 0 Å². The molecule has 116 valence electrons. The number of carbonyl (C=O) groups is 1. The number of rotatable bonds is 6. The summed E-state index contributed by atoms with van der Waals surface area (Å²) in [5, 5.41) is 12.5. The molecule has 1 amide bonds. The van der Waals surface area contributed by atoms with Crippen molar-refractivity contribution >= 4 is 5.91 Å². The number of benzene rings is 1. The molecule has 2 N–H and O–H groups in total. The van der Waals surface area contributed by atoms with Crippen LogP contribution in [0.15, 0.2) is 24.3 Å². The van der Waals surface area contributed by atoms with Crippen LogP contribution in [0, 0.1) is 5.82 Å². The van der Waals surface area contributed by atoms with Crippen LogP contribution in [0.2, 0.25) is 0 Å². The molecule has 1 aromatic carbocycles. The molecule has 1 aliphatic rings. The predicted octanol–water partition coefficient (Wildman–Crippen LogP) is 2.32. The maximum absolute atomic E-state index is 12.8. The van der Waals surface area contributed by atoms with Crippen molar-refractivity contribution in [2.24, 2.45) is 0 Å². The van der Waals surface area contributed by atoms with E-state index in [0.29, 0.717) is 5.56 Å². The van der Waals surface area contributed by atoms with Gasteiger partial charge in [-0.15, -0.1) is 0 Å². The zero-order valence-corrected chi connectivity index (χ0v) is 12.1. The molecule has 1 atom stereocenters. The second-order valence-corrected chi connectivity index (χ2v) is 5.44. The van der Waals surface area contributed by atoms with E-state index < -0.39 is 6.10 Å². The van der Waals surface area contributed by atoms with Crippen LogP contribution in [-0.2, 0) is 9.53 Å². The van der Waals surface area contributed by atoms with Crippen LogP contribution in [0.25, 0.3) is 0 Å². The van der Waals surface area contributed by atoms with E-state index in [4.69, 9.17) is 4.74 Å². The largest absolute Gasteiger partial charge is 0.387 e. The molecule has 1 unspecified atom stereocenters. The summed E-state index contributed by atoms with van der Waals surface area (Å²) in [6.07, 6.45) is 4.95. The first-order chi connectivity index (χ1) is 10.1. The molecule has 0 radical (unpaired) electrons. The van der Waals surface area contributed by atoms with E-state index in [1.54, 1.807) is 0 Å². The molecule has 4 nitrogen and oxygen atoms in total. The number of aliphatic hydroxyl groups excluding tert-OH is 1. The zero-order chi connectivity index (χ0) is 15.1. The fourth-order valence-corrected chi connectivity index (χ4v) is 2.49. The van der Waals surface area contributed by atoms with E-state index in [-0.39, 0.29) is 31.0 Å². The van der Waals surface area contributed by atoms with E-state index in [1.165, 1.54) is 30.7 Å². The summed E-state index contributed by atoms with van der Waals surface area (Å²) in [5.74, 6) is -0.586. The highest BCUT2D eigenvalue weighted by Crippen LogP contribution is 2.20. The Balaban J connectivity index is 1.67. The molecule has 1 aliphatic carbocycles. The number of halogens is 1. The lowest BCUT2D eigenvalue weighted by Gasteiger charge is -2.21. The zero-order valence-electron chi connectivity index (χ0n) is 12.1. The van der Waals surface area contributed by atoms with Crippen LogP contribution in [-0.4, -0.2) is 30.3 Å². The summed E-state index contributed by atoms with van der Waals surface area (Å²) in [4.78, 5) is 11.7. The van der Waals surface area contributed by atoms with Crippen LogP contribution < -0.4 is 5.32 Å². The van der Waals surface area contributed by atoms with Crippen molar-refractivity contribution in [1.82, 2.24) is 5.32 Å². The second-order valence-electron chi connectivity index (χ2n) is 5.44. The predicted molar refractivity (Wildman–Crippen MR) is 77.2 cm³/mol. The van der Waals surface area contributed by atoms with Crippen molar-refractivity contribution in [3.63, 3.8) is 0 Å². The van der Waals surface area contributed by atoms with Crippen molar-refractivity contribution < 1.29 is 19.0 Å². The van der Waals surface area contributed by atoms with Crippen LogP contribution in [0.5, 0.6) is 0 Å². The van der Waals surface area contributed by atoms with Gasteiger partial charge in [0.05, 0.1) is 12.2 Å². The van der Waals surface area contributed by atoms with Gasteiger partial charge in [-0.25, -0.2) is 4.39 Å². The van der Waals surface area contributed by atoms with Gasteiger partial charge in [-0.05, 0) is 30.5 Å². The highest BCUT2D eigenvalue weighted by Gasteiger charge is 2.15. The van der Waals surface area contributed by atoms with Crippen molar-refractivity contribution in [3.8, 4) is 0 Å². The molecule has 0 aromatic heterocycles. The molecular formula is C16H22FNO3. The SMILES string of the molecule is O=C(COC1CCCCC1)NCC(O)c1ccc(F)cc1. The number of aliphatic hydroxyl groups is 1. The van der Waals surface area contributed by atoms with E-state index in [2.05, 4.69) is 5.32 Å². The fraction of sp³-hybridized carbons (Fsp3) is 0.562.